The number of carboxylic acid groups (broad SMARTS) is 1. The van der Waals surface area contributed by atoms with E-state index in [9.17, 15) is 9.18 Å². The highest BCUT2D eigenvalue weighted by atomic mass is 79.9. The predicted molar refractivity (Wildman–Crippen MR) is 63.1 cm³/mol. The lowest BCUT2D eigenvalue weighted by Gasteiger charge is -2.05. The predicted octanol–water partition coefficient (Wildman–Crippen LogP) is 3.62. The normalized spacial score (nSPS) is 10.2. The molecule has 17 heavy (non-hydrogen) atoms. The van der Waals surface area contributed by atoms with Crippen LogP contribution in [-0.2, 0) is 0 Å². The summed E-state index contributed by atoms with van der Waals surface area (Å²) < 4.78 is 18.6. The minimum Gasteiger partial charge on any atom is -0.475 e. The summed E-state index contributed by atoms with van der Waals surface area (Å²) in [4.78, 5) is 10.6. The van der Waals surface area contributed by atoms with Gasteiger partial charge in [-0.25, -0.2) is 9.18 Å². The van der Waals surface area contributed by atoms with Crippen molar-refractivity contribution in [2.24, 2.45) is 0 Å². The van der Waals surface area contributed by atoms with Crippen LogP contribution in [0, 0.1) is 5.82 Å². The van der Waals surface area contributed by atoms with E-state index in [-0.39, 0.29) is 11.6 Å². The lowest BCUT2D eigenvalue weighted by molar-refractivity contribution is 0.0663. The molecule has 0 aliphatic carbocycles. The van der Waals surface area contributed by atoms with E-state index in [1.54, 1.807) is 6.07 Å². The molecule has 1 aromatic heterocycles. The Hall–Kier alpha value is -1.82. The maximum absolute atomic E-state index is 13.0. The monoisotopic (exact) mass is 299 g/mol. The molecule has 0 saturated heterocycles. The molecule has 0 bridgehead atoms. The molecule has 0 aliphatic heterocycles. The summed E-state index contributed by atoms with van der Waals surface area (Å²) in [6.07, 6.45) is 0. The van der Waals surface area contributed by atoms with E-state index in [4.69, 9.17) is 9.52 Å². The van der Waals surface area contributed by atoms with Crippen LogP contribution < -0.4 is 5.32 Å². The molecule has 0 atom stereocenters. The molecule has 2 rings (SSSR count). The zero-order valence-electron chi connectivity index (χ0n) is 8.41. The van der Waals surface area contributed by atoms with Gasteiger partial charge in [0, 0.05) is 10.5 Å². The van der Waals surface area contributed by atoms with Gasteiger partial charge in [0.15, 0.2) is 5.88 Å². The number of aromatic carboxylic acids is 1. The summed E-state index contributed by atoms with van der Waals surface area (Å²) >= 11 is 3.24. The average Bonchev–Trinajstić information content (AvgIpc) is 2.72. The summed E-state index contributed by atoms with van der Waals surface area (Å²) in [6.45, 7) is 0. The van der Waals surface area contributed by atoms with E-state index in [0.29, 0.717) is 10.2 Å². The van der Waals surface area contributed by atoms with Crippen LogP contribution >= 0.6 is 15.9 Å². The number of halogens is 2. The van der Waals surface area contributed by atoms with E-state index in [2.05, 4.69) is 21.2 Å². The third-order valence-electron chi connectivity index (χ3n) is 2.00. The summed E-state index contributed by atoms with van der Waals surface area (Å²) in [6, 6.07) is 6.89. The molecule has 1 aromatic carbocycles. The first kappa shape index (κ1) is 11.7. The number of hydrogen-bond donors (Lipinski definition) is 2. The SMILES string of the molecule is O=C(O)c1ccc(Nc2cc(F)ccc2Br)o1. The van der Waals surface area contributed by atoms with Crippen molar-refractivity contribution in [3.63, 3.8) is 0 Å². The largest absolute Gasteiger partial charge is 0.475 e. The highest BCUT2D eigenvalue weighted by molar-refractivity contribution is 9.10. The summed E-state index contributed by atoms with van der Waals surface area (Å²) in [5.41, 5.74) is 0.455. The van der Waals surface area contributed by atoms with Crippen molar-refractivity contribution < 1.29 is 18.7 Å². The second-order valence-corrected chi connectivity index (χ2v) is 4.07. The fourth-order valence-electron chi connectivity index (χ4n) is 1.25. The third kappa shape index (κ3) is 2.65. The van der Waals surface area contributed by atoms with Crippen molar-refractivity contribution in [2.75, 3.05) is 5.32 Å². The second-order valence-electron chi connectivity index (χ2n) is 3.22. The van der Waals surface area contributed by atoms with Gasteiger partial charge in [-0.05, 0) is 40.2 Å². The summed E-state index contributed by atoms with van der Waals surface area (Å²) in [5.74, 6) is -1.51. The van der Waals surface area contributed by atoms with Gasteiger partial charge in [-0.3, -0.25) is 0 Å². The van der Waals surface area contributed by atoms with Crippen molar-refractivity contribution in [2.45, 2.75) is 0 Å². The molecule has 0 aliphatic rings. The van der Waals surface area contributed by atoms with E-state index in [1.165, 1.54) is 24.3 Å². The standard InChI is InChI=1S/C11H7BrFNO3/c12-7-2-1-6(13)5-8(7)14-10-4-3-9(17-10)11(15)16/h1-5,14H,(H,15,16). The number of hydrogen-bond acceptors (Lipinski definition) is 3. The second kappa shape index (κ2) is 4.58. The minimum atomic E-state index is -1.16. The minimum absolute atomic E-state index is 0.181. The highest BCUT2D eigenvalue weighted by Gasteiger charge is 2.10. The first-order valence-corrected chi connectivity index (χ1v) is 5.41. The van der Waals surface area contributed by atoms with Gasteiger partial charge in [0.1, 0.15) is 5.82 Å². The molecule has 0 saturated carbocycles. The molecular weight excluding hydrogens is 293 g/mol. The van der Waals surface area contributed by atoms with Gasteiger partial charge >= 0.3 is 5.97 Å². The lowest BCUT2D eigenvalue weighted by Crippen LogP contribution is -1.93. The van der Waals surface area contributed by atoms with Crippen LogP contribution in [0.2, 0.25) is 0 Å². The molecule has 4 nitrogen and oxygen atoms in total. The van der Waals surface area contributed by atoms with Crippen molar-refractivity contribution in [3.8, 4) is 0 Å². The van der Waals surface area contributed by atoms with Crippen LogP contribution in [0.15, 0.2) is 39.2 Å². The maximum Gasteiger partial charge on any atom is 0.371 e. The Labute approximate surface area is 104 Å². The van der Waals surface area contributed by atoms with E-state index >= 15 is 0 Å². The van der Waals surface area contributed by atoms with Crippen LogP contribution in [-0.4, -0.2) is 11.1 Å². The smallest absolute Gasteiger partial charge is 0.371 e. The maximum atomic E-state index is 13.0. The molecule has 2 aromatic rings. The Morgan fingerprint density at radius 3 is 2.76 bits per heavy atom. The van der Waals surface area contributed by atoms with E-state index in [1.807, 2.05) is 0 Å². The Bertz CT molecular complexity index is 568. The molecule has 88 valence electrons. The molecule has 0 unspecified atom stereocenters. The lowest BCUT2D eigenvalue weighted by atomic mass is 10.3. The zero-order chi connectivity index (χ0) is 12.4. The molecule has 0 radical (unpaired) electrons. The molecule has 6 heteroatoms. The summed E-state index contributed by atoms with van der Waals surface area (Å²) in [5, 5.41) is 11.4. The average molecular weight is 300 g/mol. The number of rotatable bonds is 3. The first-order valence-electron chi connectivity index (χ1n) is 4.61. The van der Waals surface area contributed by atoms with Gasteiger partial charge in [0.2, 0.25) is 5.76 Å². The number of carbonyl (C=O) groups is 1. The zero-order valence-corrected chi connectivity index (χ0v) is 9.99. The fourth-order valence-corrected chi connectivity index (χ4v) is 1.59. The number of furan rings is 1. The number of nitrogens with one attached hydrogen (secondary N) is 1. The van der Waals surface area contributed by atoms with Gasteiger partial charge in [-0.2, -0.15) is 0 Å². The van der Waals surface area contributed by atoms with Gasteiger partial charge in [0.05, 0.1) is 5.69 Å². The van der Waals surface area contributed by atoms with Gasteiger partial charge in [0.25, 0.3) is 0 Å². The van der Waals surface area contributed by atoms with Gasteiger partial charge in [-0.15, -0.1) is 0 Å². The van der Waals surface area contributed by atoms with Crippen LogP contribution in [0.5, 0.6) is 0 Å². The molecule has 2 N–H and O–H groups in total. The Morgan fingerprint density at radius 1 is 1.35 bits per heavy atom. The number of benzene rings is 1. The van der Waals surface area contributed by atoms with Crippen LogP contribution in [0.1, 0.15) is 10.6 Å². The number of carboxylic acids is 1. The van der Waals surface area contributed by atoms with E-state index < -0.39 is 11.8 Å². The van der Waals surface area contributed by atoms with Crippen LogP contribution in [0.3, 0.4) is 0 Å². The van der Waals surface area contributed by atoms with Gasteiger partial charge < -0.3 is 14.8 Å². The van der Waals surface area contributed by atoms with Crippen molar-refractivity contribution in [1.29, 1.82) is 0 Å². The topological polar surface area (TPSA) is 62.5 Å². The van der Waals surface area contributed by atoms with Crippen LogP contribution in [0.4, 0.5) is 16.0 Å². The molecule has 0 amide bonds. The fraction of sp³-hybridized carbons (Fsp3) is 0. The van der Waals surface area contributed by atoms with Gasteiger partial charge in [-0.1, -0.05) is 0 Å². The van der Waals surface area contributed by atoms with Crippen molar-refractivity contribution >= 4 is 33.5 Å². The quantitative estimate of drug-likeness (QED) is 0.908. The number of anilines is 2. The molecule has 0 spiro atoms. The van der Waals surface area contributed by atoms with Crippen molar-refractivity contribution in [1.82, 2.24) is 0 Å². The third-order valence-corrected chi connectivity index (χ3v) is 2.69. The van der Waals surface area contributed by atoms with Crippen LogP contribution in [0.25, 0.3) is 0 Å². The Morgan fingerprint density at radius 2 is 2.12 bits per heavy atom. The molecule has 1 heterocycles. The Kier molecular flexibility index (Phi) is 3.14. The first-order chi connectivity index (χ1) is 8.06. The highest BCUT2D eigenvalue weighted by Crippen LogP contribution is 2.27. The molecule has 0 fully saturated rings. The Balaban J connectivity index is 2.25. The van der Waals surface area contributed by atoms with Crippen molar-refractivity contribution in [3.05, 3.63) is 46.4 Å². The molecular formula is C11H7BrFNO3. The van der Waals surface area contributed by atoms with E-state index in [0.717, 1.165) is 0 Å². The summed E-state index contributed by atoms with van der Waals surface area (Å²) in [7, 11) is 0.